The Morgan fingerprint density at radius 1 is 1.47 bits per heavy atom. The average molecular weight is 233 g/mol. The third-order valence-corrected chi connectivity index (χ3v) is 3.35. The van der Waals surface area contributed by atoms with Gasteiger partial charge in [0.15, 0.2) is 0 Å². The van der Waals surface area contributed by atoms with E-state index in [1.54, 1.807) is 0 Å². The second-order valence-corrected chi connectivity index (χ2v) is 4.91. The fourth-order valence-electron chi connectivity index (χ4n) is 2.36. The van der Waals surface area contributed by atoms with E-state index < -0.39 is 0 Å². The van der Waals surface area contributed by atoms with Gasteiger partial charge in [-0.05, 0) is 44.2 Å². The highest BCUT2D eigenvalue weighted by atomic mass is 16.3. The van der Waals surface area contributed by atoms with E-state index in [-0.39, 0.29) is 12.0 Å². The van der Waals surface area contributed by atoms with Crippen LogP contribution < -0.4 is 5.32 Å². The normalized spacial score (nSPS) is 23.6. The van der Waals surface area contributed by atoms with E-state index in [2.05, 4.69) is 5.32 Å². The van der Waals surface area contributed by atoms with E-state index in [4.69, 9.17) is 0 Å². The standard InChI is InChI=1S/C14H19NO2/c1-10-3-2-4-12(7-10)14(17)15-9-11-5-6-13(16)8-11/h2-4,7,11,13,16H,5-6,8-9H2,1H3,(H,15,17). The highest BCUT2D eigenvalue weighted by molar-refractivity contribution is 5.94. The van der Waals surface area contributed by atoms with Crippen molar-refractivity contribution >= 4 is 5.91 Å². The molecule has 1 aromatic carbocycles. The molecule has 0 radical (unpaired) electrons. The fourth-order valence-corrected chi connectivity index (χ4v) is 2.36. The second kappa shape index (κ2) is 5.32. The van der Waals surface area contributed by atoms with Crippen molar-refractivity contribution in [2.75, 3.05) is 6.54 Å². The number of carbonyl (C=O) groups is 1. The molecule has 1 aromatic rings. The van der Waals surface area contributed by atoms with Gasteiger partial charge in [-0.1, -0.05) is 17.7 Å². The summed E-state index contributed by atoms with van der Waals surface area (Å²) in [5.41, 5.74) is 1.80. The summed E-state index contributed by atoms with van der Waals surface area (Å²) >= 11 is 0. The molecule has 0 aromatic heterocycles. The Kier molecular flexibility index (Phi) is 3.79. The lowest BCUT2D eigenvalue weighted by atomic mass is 10.1. The van der Waals surface area contributed by atoms with Gasteiger partial charge in [0.05, 0.1) is 6.10 Å². The first kappa shape index (κ1) is 12.1. The van der Waals surface area contributed by atoms with Gasteiger partial charge in [-0.15, -0.1) is 0 Å². The zero-order valence-corrected chi connectivity index (χ0v) is 10.1. The van der Waals surface area contributed by atoms with Gasteiger partial charge in [0.25, 0.3) is 5.91 Å². The van der Waals surface area contributed by atoms with Gasteiger partial charge in [0.2, 0.25) is 0 Å². The van der Waals surface area contributed by atoms with Crippen LogP contribution in [0.25, 0.3) is 0 Å². The molecule has 0 saturated heterocycles. The summed E-state index contributed by atoms with van der Waals surface area (Å²) in [7, 11) is 0. The molecule has 0 spiro atoms. The van der Waals surface area contributed by atoms with Crippen LogP contribution in [0.15, 0.2) is 24.3 Å². The van der Waals surface area contributed by atoms with Gasteiger partial charge in [-0.25, -0.2) is 0 Å². The monoisotopic (exact) mass is 233 g/mol. The Bertz CT molecular complexity index is 403. The Morgan fingerprint density at radius 3 is 2.94 bits per heavy atom. The molecular formula is C14H19NO2. The number of aliphatic hydroxyl groups excluding tert-OH is 1. The van der Waals surface area contributed by atoms with E-state index in [1.807, 2.05) is 31.2 Å². The molecule has 1 saturated carbocycles. The van der Waals surface area contributed by atoms with Crippen LogP contribution >= 0.6 is 0 Å². The number of amides is 1. The molecule has 0 heterocycles. The van der Waals surface area contributed by atoms with Crippen molar-refractivity contribution in [3.05, 3.63) is 35.4 Å². The smallest absolute Gasteiger partial charge is 0.251 e. The fraction of sp³-hybridized carbons (Fsp3) is 0.500. The van der Waals surface area contributed by atoms with Crippen molar-refractivity contribution in [2.45, 2.75) is 32.3 Å². The van der Waals surface area contributed by atoms with Crippen LogP contribution in [0, 0.1) is 12.8 Å². The number of rotatable bonds is 3. The maximum Gasteiger partial charge on any atom is 0.251 e. The Morgan fingerprint density at radius 2 is 2.29 bits per heavy atom. The minimum Gasteiger partial charge on any atom is -0.393 e. The summed E-state index contributed by atoms with van der Waals surface area (Å²) < 4.78 is 0. The molecule has 0 aliphatic heterocycles. The van der Waals surface area contributed by atoms with Gasteiger partial charge in [0.1, 0.15) is 0 Å². The zero-order valence-electron chi connectivity index (χ0n) is 10.1. The van der Waals surface area contributed by atoms with Crippen LogP contribution in [-0.4, -0.2) is 23.7 Å². The number of hydrogen-bond donors (Lipinski definition) is 2. The summed E-state index contributed by atoms with van der Waals surface area (Å²) in [5.74, 6) is 0.411. The van der Waals surface area contributed by atoms with Crippen LogP contribution in [-0.2, 0) is 0 Å². The van der Waals surface area contributed by atoms with Crippen molar-refractivity contribution in [1.82, 2.24) is 5.32 Å². The number of aliphatic hydroxyl groups is 1. The van der Waals surface area contributed by atoms with Crippen LogP contribution in [0.2, 0.25) is 0 Å². The van der Waals surface area contributed by atoms with Crippen LogP contribution in [0.3, 0.4) is 0 Å². The molecule has 1 aliphatic rings. The number of benzene rings is 1. The molecule has 3 heteroatoms. The highest BCUT2D eigenvalue weighted by Crippen LogP contribution is 2.24. The van der Waals surface area contributed by atoms with Crippen molar-refractivity contribution in [1.29, 1.82) is 0 Å². The minimum absolute atomic E-state index is 0.0184. The Balaban J connectivity index is 1.85. The van der Waals surface area contributed by atoms with Crippen LogP contribution in [0.4, 0.5) is 0 Å². The molecule has 92 valence electrons. The third-order valence-electron chi connectivity index (χ3n) is 3.35. The van der Waals surface area contributed by atoms with E-state index in [0.717, 1.165) is 24.8 Å². The minimum atomic E-state index is -0.170. The number of hydrogen-bond acceptors (Lipinski definition) is 2. The van der Waals surface area contributed by atoms with Gasteiger partial charge < -0.3 is 10.4 Å². The topological polar surface area (TPSA) is 49.3 Å². The zero-order chi connectivity index (χ0) is 12.3. The highest BCUT2D eigenvalue weighted by Gasteiger charge is 2.22. The summed E-state index contributed by atoms with van der Waals surface area (Å²) in [4.78, 5) is 11.9. The van der Waals surface area contributed by atoms with Crippen LogP contribution in [0.5, 0.6) is 0 Å². The van der Waals surface area contributed by atoms with Gasteiger partial charge in [-0.2, -0.15) is 0 Å². The van der Waals surface area contributed by atoms with Crippen molar-refractivity contribution in [3.63, 3.8) is 0 Å². The third kappa shape index (κ3) is 3.30. The molecule has 2 unspecified atom stereocenters. The number of nitrogens with one attached hydrogen (secondary N) is 1. The summed E-state index contributed by atoms with van der Waals surface area (Å²) in [6.07, 6.45) is 2.52. The maximum absolute atomic E-state index is 11.9. The molecule has 1 aliphatic carbocycles. The van der Waals surface area contributed by atoms with E-state index >= 15 is 0 Å². The first-order valence-electron chi connectivity index (χ1n) is 6.18. The largest absolute Gasteiger partial charge is 0.393 e. The summed E-state index contributed by atoms with van der Waals surface area (Å²) in [6.45, 7) is 2.65. The Labute approximate surface area is 102 Å². The summed E-state index contributed by atoms with van der Waals surface area (Å²) in [5, 5.41) is 12.3. The lowest BCUT2D eigenvalue weighted by molar-refractivity contribution is 0.0945. The molecule has 17 heavy (non-hydrogen) atoms. The Hall–Kier alpha value is -1.35. The maximum atomic E-state index is 11.9. The van der Waals surface area contributed by atoms with Gasteiger partial charge in [-0.3, -0.25) is 4.79 Å². The lowest BCUT2D eigenvalue weighted by Gasteiger charge is -2.11. The average Bonchev–Trinajstić information content (AvgIpc) is 2.72. The van der Waals surface area contributed by atoms with E-state index in [1.165, 1.54) is 0 Å². The molecule has 2 N–H and O–H groups in total. The van der Waals surface area contributed by atoms with E-state index in [9.17, 15) is 9.90 Å². The quantitative estimate of drug-likeness (QED) is 0.837. The van der Waals surface area contributed by atoms with Crippen LogP contribution in [0.1, 0.15) is 35.2 Å². The van der Waals surface area contributed by atoms with Crippen molar-refractivity contribution < 1.29 is 9.90 Å². The van der Waals surface area contributed by atoms with E-state index in [0.29, 0.717) is 18.0 Å². The molecule has 2 rings (SSSR count). The summed E-state index contributed by atoms with van der Waals surface area (Å²) in [6, 6.07) is 7.58. The number of aryl methyl sites for hydroxylation is 1. The molecule has 1 amide bonds. The molecule has 0 bridgehead atoms. The van der Waals surface area contributed by atoms with Crippen molar-refractivity contribution in [2.24, 2.45) is 5.92 Å². The first-order chi connectivity index (χ1) is 8.15. The predicted octanol–water partition coefficient (Wildman–Crippen LogP) is 1.89. The van der Waals surface area contributed by atoms with Crippen molar-refractivity contribution in [3.8, 4) is 0 Å². The van der Waals surface area contributed by atoms with Gasteiger partial charge >= 0.3 is 0 Å². The van der Waals surface area contributed by atoms with Gasteiger partial charge in [0, 0.05) is 12.1 Å². The second-order valence-electron chi connectivity index (χ2n) is 4.91. The number of carbonyl (C=O) groups excluding carboxylic acids is 1. The SMILES string of the molecule is Cc1cccc(C(=O)NCC2CCC(O)C2)c1. The molecule has 1 fully saturated rings. The molecular weight excluding hydrogens is 214 g/mol. The first-order valence-corrected chi connectivity index (χ1v) is 6.18. The predicted molar refractivity (Wildman–Crippen MR) is 66.9 cm³/mol. The molecule has 2 atom stereocenters. The molecule has 3 nitrogen and oxygen atoms in total. The lowest BCUT2D eigenvalue weighted by Crippen LogP contribution is -2.28.